The summed E-state index contributed by atoms with van der Waals surface area (Å²) in [4.78, 5) is 11.5. The second-order valence-corrected chi connectivity index (χ2v) is 4.61. The first kappa shape index (κ1) is 11.4. The lowest BCUT2D eigenvalue weighted by atomic mass is 9.75. The van der Waals surface area contributed by atoms with Crippen molar-refractivity contribution in [1.29, 1.82) is 0 Å². The van der Waals surface area contributed by atoms with Gasteiger partial charge in [0.2, 0.25) is 0 Å². The lowest BCUT2D eigenvalue weighted by molar-refractivity contribution is -0.144. The van der Waals surface area contributed by atoms with Gasteiger partial charge in [-0.2, -0.15) is 0 Å². The first-order valence-electron chi connectivity index (χ1n) is 5.35. The maximum atomic E-state index is 11.5. The van der Waals surface area contributed by atoms with Gasteiger partial charge in [-0.1, -0.05) is 23.7 Å². The molecule has 3 nitrogen and oxygen atoms in total. The van der Waals surface area contributed by atoms with E-state index in [0.29, 0.717) is 18.0 Å². The van der Waals surface area contributed by atoms with Gasteiger partial charge in [0.25, 0.3) is 0 Å². The number of hydrogen-bond acceptors (Lipinski definition) is 2. The van der Waals surface area contributed by atoms with Crippen LogP contribution in [0.25, 0.3) is 0 Å². The molecule has 1 saturated heterocycles. The number of carboxylic acids is 1. The summed E-state index contributed by atoms with van der Waals surface area (Å²) in [5, 5.41) is 13.2. The molecule has 0 spiro atoms. The van der Waals surface area contributed by atoms with Gasteiger partial charge in [-0.25, -0.2) is 0 Å². The van der Waals surface area contributed by atoms with Crippen molar-refractivity contribution in [3.05, 3.63) is 34.9 Å². The fraction of sp³-hybridized carbons (Fsp3) is 0.417. The van der Waals surface area contributed by atoms with Gasteiger partial charge in [0.05, 0.1) is 0 Å². The average molecular weight is 240 g/mol. The average Bonchev–Trinajstić information content (AvgIpc) is 2.30. The first-order chi connectivity index (χ1) is 7.65. The number of piperidine rings is 1. The van der Waals surface area contributed by atoms with Crippen molar-refractivity contribution in [2.75, 3.05) is 13.1 Å². The van der Waals surface area contributed by atoms with Crippen LogP contribution in [0.4, 0.5) is 0 Å². The Bertz CT molecular complexity index is 383. The maximum Gasteiger partial charge on any atom is 0.315 e. The molecule has 0 radical (unpaired) electrons. The highest BCUT2D eigenvalue weighted by molar-refractivity contribution is 6.30. The van der Waals surface area contributed by atoms with Gasteiger partial charge in [-0.3, -0.25) is 4.79 Å². The molecule has 1 unspecified atom stereocenters. The summed E-state index contributed by atoms with van der Waals surface area (Å²) in [6.45, 7) is 1.38. The van der Waals surface area contributed by atoms with E-state index in [1.165, 1.54) is 0 Å². The molecule has 86 valence electrons. The zero-order valence-corrected chi connectivity index (χ0v) is 9.63. The van der Waals surface area contributed by atoms with Crippen LogP contribution in [0, 0.1) is 0 Å². The zero-order valence-electron chi connectivity index (χ0n) is 8.87. The molecule has 1 aromatic carbocycles. The highest BCUT2D eigenvalue weighted by Gasteiger charge is 2.41. The van der Waals surface area contributed by atoms with Crippen LogP contribution in [0.1, 0.15) is 18.4 Å². The number of benzene rings is 1. The van der Waals surface area contributed by atoms with Crippen LogP contribution >= 0.6 is 11.6 Å². The van der Waals surface area contributed by atoms with Crippen molar-refractivity contribution < 1.29 is 9.90 Å². The van der Waals surface area contributed by atoms with Crippen molar-refractivity contribution in [3.8, 4) is 0 Å². The second kappa shape index (κ2) is 4.44. The Balaban J connectivity index is 2.38. The van der Waals surface area contributed by atoms with Crippen molar-refractivity contribution >= 4 is 17.6 Å². The summed E-state index contributed by atoms with van der Waals surface area (Å²) >= 11 is 5.81. The predicted molar refractivity (Wildman–Crippen MR) is 62.9 cm³/mol. The molecule has 0 saturated carbocycles. The quantitative estimate of drug-likeness (QED) is 0.831. The molecule has 2 rings (SSSR count). The van der Waals surface area contributed by atoms with E-state index in [1.54, 1.807) is 12.1 Å². The smallest absolute Gasteiger partial charge is 0.315 e. The summed E-state index contributed by atoms with van der Waals surface area (Å²) in [5.41, 5.74) is 0.0413. The van der Waals surface area contributed by atoms with Crippen LogP contribution in [-0.4, -0.2) is 24.2 Å². The summed E-state index contributed by atoms with van der Waals surface area (Å²) in [7, 11) is 0. The van der Waals surface area contributed by atoms with Crippen LogP contribution < -0.4 is 5.32 Å². The van der Waals surface area contributed by atoms with E-state index in [-0.39, 0.29) is 0 Å². The Morgan fingerprint density at radius 1 is 1.38 bits per heavy atom. The van der Waals surface area contributed by atoms with Gasteiger partial charge in [-0.05, 0) is 37.1 Å². The number of carbonyl (C=O) groups is 1. The Labute approximate surface area is 99.4 Å². The highest BCUT2D eigenvalue weighted by atomic mass is 35.5. The minimum atomic E-state index is -0.789. The molecule has 2 N–H and O–H groups in total. The number of hydrogen-bond donors (Lipinski definition) is 2. The van der Waals surface area contributed by atoms with E-state index >= 15 is 0 Å². The molecule has 0 bridgehead atoms. The monoisotopic (exact) mass is 239 g/mol. The highest BCUT2D eigenvalue weighted by Crippen LogP contribution is 2.32. The lowest BCUT2D eigenvalue weighted by Gasteiger charge is -2.34. The minimum Gasteiger partial charge on any atom is -0.481 e. The third-order valence-corrected chi connectivity index (χ3v) is 3.44. The third-order valence-electron chi connectivity index (χ3n) is 3.19. The summed E-state index contributed by atoms with van der Waals surface area (Å²) in [6.07, 6.45) is 1.56. The van der Waals surface area contributed by atoms with Crippen molar-refractivity contribution in [2.24, 2.45) is 0 Å². The Morgan fingerprint density at radius 3 is 2.56 bits per heavy atom. The predicted octanol–water partition coefficient (Wildman–Crippen LogP) is 2.05. The van der Waals surface area contributed by atoms with E-state index in [1.807, 2.05) is 12.1 Å². The van der Waals surface area contributed by atoms with E-state index in [9.17, 15) is 9.90 Å². The van der Waals surface area contributed by atoms with Crippen molar-refractivity contribution in [3.63, 3.8) is 0 Å². The fourth-order valence-electron chi connectivity index (χ4n) is 2.23. The van der Waals surface area contributed by atoms with E-state index in [0.717, 1.165) is 18.5 Å². The Morgan fingerprint density at radius 2 is 2.06 bits per heavy atom. The molecule has 0 amide bonds. The fourth-order valence-corrected chi connectivity index (χ4v) is 2.35. The zero-order chi connectivity index (χ0) is 11.6. The van der Waals surface area contributed by atoms with Crippen LogP contribution in [0.5, 0.6) is 0 Å². The molecular formula is C12H14ClNO2. The standard InChI is InChI=1S/C12H14ClNO2/c13-10-4-2-9(3-5-10)12(11(15)16)6-1-7-14-8-12/h2-5,14H,1,6-8H2,(H,15,16). The number of aliphatic carboxylic acids is 1. The molecule has 1 aromatic rings. The van der Waals surface area contributed by atoms with E-state index in [2.05, 4.69) is 5.32 Å². The topological polar surface area (TPSA) is 49.3 Å². The number of rotatable bonds is 2. The van der Waals surface area contributed by atoms with Gasteiger partial charge < -0.3 is 10.4 Å². The van der Waals surface area contributed by atoms with Gasteiger partial charge in [-0.15, -0.1) is 0 Å². The van der Waals surface area contributed by atoms with Crippen LogP contribution in [0.3, 0.4) is 0 Å². The molecule has 1 atom stereocenters. The first-order valence-corrected chi connectivity index (χ1v) is 5.73. The molecule has 1 aliphatic heterocycles. The molecule has 1 aliphatic rings. The van der Waals surface area contributed by atoms with Crippen molar-refractivity contribution in [2.45, 2.75) is 18.3 Å². The molecule has 1 fully saturated rings. The third kappa shape index (κ3) is 1.93. The van der Waals surface area contributed by atoms with E-state index in [4.69, 9.17) is 11.6 Å². The molecule has 4 heteroatoms. The van der Waals surface area contributed by atoms with Gasteiger partial charge in [0, 0.05) is 11.6 Å². The van der Waals surface area contributed by atoms with Crippen LogP contribution in [0.15, 0.2) is 24.3 Å². The second-order valence-electron chi connectivity index (χ2n) is 4.17. The Kier molecular flexibility index (Phi) is 3.17. The number of nitrogens with one attached hydrogen (secondary N) is 1. The van der Waals surface area contributed by atoms with Gasteiger partial charge in [0.15, 0.2) is 0 Å². The number of carboxylic acid groups (broad SMARTS) is 1. The molecule has 16 heavy (non-hydrogen) atoms. The van der Waals surface area contributed by atoms with Crippen LogP contribution in [-0.2, 0) is 10.2 Å². The largest absolute Gasteiger partial charge is 0.481 e. The molecule has 1 heterocycles. The lowest BCUT2D eigenvalue weighted by Crippen LogP contribution is -2.48. The normalized spacial score (nSPS) is 25.3. The molecular weight excluding hydrogens is 226 g/mol. The Hall–Kier alpha value is -1.06. The SMILES string of the molecule is O=C(O)C1(c2ccc(Cl)cc2)CCCNC1. The molecule has 0 aromatic heterocycles. The van der Waals surface area contributed by atoms with Crippen LogP contribution in [0.2, 0.25) is 5.02 Å². The maximum absolute atomic E-state index is 11.5. The molecule has 0 aliphatic carbocycles. The summed E-state index contributed by atoms with van der Waals surface area (Å²) in [5.74, 6) is -0.762. The van der Waals surface area contributed by atoms with Gasteiger partial charge >= 0.3 is 5.97 Å². The summed E-state index contributed by atoms with van der Waals surface area (Å²) < 4.78 is 0. The van der Waals surface area contributed by atoms with E-state index < -0.39 is 11.4 Å². The minimum absolute atomic E-state index is 0.490. The van der Waals surface area contributed by atoms with Crippen molar-refractivity contribution in [1.82, 2.24) is 5.32 Å². The van der Waals surface area contributed by atoms with Gasteiger partial charge in [0.1, 0.15) is 5.41 Å². The summed E-state index contributed by atoms with van der Waals surface area (Å²) in [6, 6.07) is 7.11. The number of halogens is 1.